The lowest BCUT2D eigenvalue weighted by molar-refractivity contribution is 0.0175. The Labute approximate surface area is 150 Å². The Hall–Kier alpha value is -1.59. The fraction of sp³-hybridized carbons (Fsp3) is 0.650. The van der Waals surface area contributed by atoms with E-state index in [1.165, 1.54) is 31.4 Å². The number of hydrogen-bond acceptors (Lipinski definition) is 4. The van der Waals surface area contributed by atoms with Gasteiger partial charge in [-0.15, -0.1) is 0 Å². The Bertz CT molecular complexity index is 606. The van der Waals surface area contributed by atoms with Crippen molar-refractivity contribution in [3.63, 3.8) is 0 Å². The standard InChI is InChI=1S/C20H29N3O2/c24-19(17-5-7-18(8-6-17)22-12-3-4-13-22)23-14-9-20(25,16-23)15-21-10-1-2-11-21/h5-8,25H,1-4,9-16H2/t20-/m0/s1. The molecule has 1 N–H and O–H groups in total. The van der Waals surface area contributed by atoms with Crippen molar-refractivity contribution in [3.8, 4) is 0 Å². The summed E-state index contributed by atoms with van der Waals surface area (Å²) in [4.78, 5) is 19.3. The summed E-state index contributed by atoms with van der Waals surface area (Å²) < 4.78 is 0. The first-order valence-electron chi connectivity index (χ1n) is 9.72. The van der Waals surface area contributed by atoms with Gasteiger partial charge in [0, 0.05) is 37.4 Å². The third-order valence-corrected chi connectivity index (χ3v) is 5.92. The number of carbonyl (C=O) groups excluding carboxylic acids is 1. The molecule has 3 heterocycles. The highest BCUT2D eigenvalue weighted by molar-refractivity contribution is 5.94. The van der Waals surface area contributed by atoms with E-state index < -0.39 is 5.60 Å². The molecule has 3 saturated heterocycles. The average molecular weight is 343 g/mol. The van der Waals surface area contributed by atoms with Crippen LogP contribution in [0, 0.1) is 0 Å². The molecule has 1 aromatic carbocycles. The largest absolute Gasteiger partial charge is 0.387 e. The van der Waals surface area contributed by atoms with Gasteiger partial charge in [0.1, 0.15) is 0 Å². The Kier molecular flexibility index (Phi) is 4.69. The molecule has 0 aliphatic carbocycles. The second kappa shape index (κ2) is 6.96. The molecule has 0 bridgehead atoms. The third-order valence-electron chi connectivity index (χ3n) is 5.92. The van der Waals surface area contributed by atoms with Gasteiger partial charge in [-0.3, -0.25) is 4.79 Å². The quantitative estimate of drug-likeness (QED) is 0.908. The normalized spacial score (nSPS) is 27.4. The van der Waals surface area contributed by atoms with Crippen molar-refractivity contribution in [1.82, 2.24) is 9.80 Å². The molecule has 0 aromatic heterocycles. The number of rotatable bonds is 4. The number of likely N-dealkylation sites (tertiary alicyclic amines) is 2. The molecule has 0 spiro atoms. The monoisotopic (exact) mass is 343 g/mol. The van der Waals surface area contributed by atoms with Gasteiger partial charge in [0.05, 0.1) is 12.1 Å². The van der Waals surface area contributed by atoms with Gasteiger partial charge >= 0.3 is 0 Å². The Morgan fingerprint density at radius 1 is 0.960 bits per heavy atom. The maximum absolute atomic E-state index is 12.8. The van der Waals surface area contributed by atoms with E-state index in [9.17, 15) is 9.90 Å². The molecule has 4 rings (SSSR count). The summed E-state index contributed by atoms with van der Waals surface area (Å²) in [5.41, 5.74) is 1.20. The summed E-state index contributed by atoms with van der Waals surface area (Å²) in [5, 5.41) is 10.9. The SMILES string of the molecule is O=C(c1ccc(N2CCCC2)cc1)N1CC[C@](O)(CN2CCCC2)C1. The van der Waals surface area contributed by atoms with Gasteiger partial charge in [-0.25, -0.2) is 0 Å². The smallest absolute Gasteiger partial charge is 0.253 e. The number of carbonyl (C=O) groups is 1. The summed E-state index contributed by atoms with van der Waals surface area (Å²) >= 11 is 0. The van der Waals surface area contributed by atoms with Crippen molar-refractivity contribution in [2.45, 2.75) is 37.7 Å². The fourth-order valence-electron chi connectivity index (χ4n) is 4.49. The molecule has 136 valence electrons. The van der Waals surface area contributed by atoms with E-state index in [4.69, 9.17) is 0 Å². The van der Waals surface area contributed by atoms with E-state index >= 15 is 0 Å². The minimum Gasteiger partial charge on any atom is -0.387 e. The van der Waals surface area contributed by atoms with Crippen molar-refractivity contribution < 1.29 is 9.90 Å². The van der Waals surface area contributed by atoms with Crippen molar-refractivity contribution in [1.29, 1.82) is 0 Å². The second-order valence-corrected chi connectivity index (χ2v) is 7.93. The van der Waals surface area contributed by atoms with Crippen LogP contribution in [0.25, 0.3) is 0 Å². The number of nitrogens with zero attached hydrogens (tertiary/aromatic N) is 3. The van der Waals surface area contributed by atoms with Crippen LogP contribution in [0.2, 0.25) is 0 Å². The molecule has 0 saturated carbocycles. The van der Waals surface area contributed by atoms with Gasteiger partial charge < -0.3 is 19.8 Å². The van der Waals surface area contributed by atoms with Crippen LogP contribution in [-0.4, -0.2) is 72.2 Å². The molecule has 3 aliphatic heterocycles. The number of aliphatic hydroxyl groups is 1. The minimum atomic E-state index is -0.741. The van der Waals surface area contributed by atoms with E-state index in [0.29, 0.717) is 26.1 Å². The van der Waals surface area contributed by atoms with E-state index in [2.05, 4.69) is 21.9 Å². The summed E-state index contributed by atoms with van der Waals surface area (Å²) in [7, 11) is 0. The molecular weight excluding hydrogens is 314 g/mol. The average Bonchev–Trinajstić information content (AvgIpc) is 3.36. The van der Waals surface area contributed by atoms with Crippen LogP contribution in [0.4, 0.5) is 5.69 Å². The van der Waals surface area contributed by atoms with Gasteiger partial charge in [-0.05, 0) is 69.5 Å². The lowest BCUT2D eigenvalue weighted by Gasteiger charge is -2.28. The van der Waals surface area contributed by atoms with E-state index in [1.54, 1.807) is 0 Å². The molecule has 25 heavy (non-hydrogen) atoms. The van der Waals surface area contributed by atoms with Crippen LogP contribution in [0.5, 0.6) is 0 Å². The van der Waals surface area contributed by atoms with E-state index in [-0.39, 0.29) is 5.91 Å². The molecule has 3 aliphatic rings. The van der Waals surface area contributed by atoms with Crippen molar-refractivity contribution in [2.24, 2.45) is 0 Å². The van der Waals surface area contributed by atoms with E-state index in [0.717, 1.165) is 31.7 Å². The maximum Gasteiger partial charge on any atom is 0.253 e. The zero-order chi connectivity index (χ0) is 17.3. The topological polar surface area (TPSA) is 47.0 Å². The molecule has 5 nitrogen and oxygen atoms in total. The van der Waals surface area contributed by atoms with Crippen LogP contribution < -0.4 is 4.90 Å². The fourth-order valence-corrected chi connectivity index (χ4v) is 4.49. The zero-order valence-electron chi connectivity index (χ0n) is 15.0. The third kappa shape index (κ3) is 3.67. The number of benzene rings is 1. The summed E-state index contributed by atoms with van der Waals surface area (Å²) in [6.07, 6.45) is 5.64. The number of anilines is 1. The molecule has 0 radical (unpaired) electrons. The molecule has 1 atom stereocenters. The van der Waals surface area contributed by atoms with Gasteiger partial charge in [0.25, 0.3) is 5.91 Å². The highest BCUT2D eigenvalue weighted by atomic mass is 16.3. The van der Waals surface area contributed by atoms with Crippen LogP contribution in [0.15, 0.2) is 24.3 Å². The summed E-state index contributed by atoms with van der Waals surface area (Å²) in [6.45, 7) is 6.19. The summed E-state index contributed by atoms with van der Waals surface area (Å²) in [5.74, 6) is 0.0466. The predicted molar refractivity (Wildman–Crippen MR) is 99.0 cm³/mol. The number of amides is 1. The number of β-amino-alcohol motifs (C(OH)–C–C–N with tert-alkyl or cyclic N) is 1. The molecule has 3 fully saturated rings. The van der Waals surface area contributed by atoms with E-state index in [1.807, 2.05) is 17.0 Å². The first-order chi connectivity index (χ1) is 12.1. The first-order valence-corrected chi connectivity index (χ1v) is 9.72. The van der Waals surface area contributed by atoms with Crippen LogP contribution >= 0.6 is 0 Å². The zero-order valence-corrected chi connectivity index (χ0v) is 15.0. The van der Waals surface area contributed by atoms with Crippen LogP contribution in [0.3, 0.4) is 0 Å². The Balaban J connectivity index is 1.37. The van der Waals surface area contributed by atoms with Crippen molar-refractivity contribution in [3.05, 3.63) is 29.8 Å². The predicted octanol–water partition coefficient (Wildman–Crippen LogP) is 1.96. The highest BCUT2D eigenvalue weighted by Crippen LogP contribution is 2.26. The van der Waals surface area contributed by atoms with Gasteiger partial charge in [0.15, 0.2) is 0 Å². The van der Waals surface area contributed by atoms with Crippen LogP contribution in [0.1, 0.15) is 42.5 Å². The van der Waals surface area contributed by atoms with Gasteiger partial charge in [-0.1, -0.05) is 0 Å². The molecule has 1 aromatic rings. The maximum atomic E-state index is 12.8. The number of hydrogen-bond donors (Lipinski definition) is 1. The van der Waals surface area contributed by atoms with Crippen molar-refractivity contribution >= 4 is 11.6 Å². The van der Waals surface area contributed by atoms with Gasteiger partial charge in [0.2, 0.25) is 0 Å². The van der Waals surface area contributed by atoms with Crippen LogP contribution in [-0.2, 0) is 0 Å². The lowest BCUT2D eigenvalue weighted by Crippen LogP contribution is -2.45. The Morgan fingerprint density at radius 3 is 2.28 bits per heavy atom. The lowest BCUT2D eigenvalue weighted by atomic mass is 10.0. The molecular formula is C20H29N3O2. The molecule has 1 amide bonds. The minimum absolute atomic E-state index is 0.0466. The second-order valence-electron chi connectivity index (χ2n) is 7.93. The molecule has 0 unspecified atom stereocenters. The highest BCUT2D eigenvalue weighted by Gasteiger charge is 2.40. The Morgan fingerprint density at radius 2 is 1.60 bits per heavy atom. The van der Waals surface area contributed by atoms with Gasteiger partial charge in [-0.2, -0.15) is 0 Å². The van der Waals surface area contributed by atoms with Crippen molar-refractivity contribution in [2.75, 3.05) is 50.7 Å². The summed E-state index contributed by atoms with van der Waals surface area (Å²) in [6, 6.07) is 8.00. The molecule has 5 heteroatoms. The first kappa shape index (κ1) is 16.9.